The summed E-state index contributed by atoms with van der Waals surface area (Å²) in [5.41, 5.74) is 2.39. The van der Waals surface area contributed by atoms with E-state index in [-0.39, 0.29) is 12.1 Å². The van der Waals surface area contributed by atoms with Crippen molar-refractivity contribution < 1.29 is 4.79 Å². The summed E-state index contributed by atoms with van der Waals surface area (Å²) in [5.74, 6) is 0.00732. The van der Waals surface area contributed by atoms with Gasteiger partial charge in [-0.25, -0.2) is 0 Å². The minimum Gasteiger partial charge on any atom is -0.292 e. The van der Waals surface area contributed by atoms with Gasteiger partial charge in [0, 0.05) is 11.9 Å². The van der Waals surface area contributed by atoms with E-state index in [4.69, 9.17) is 0 Å². The largest absolute Gasteiger partial charge is 0.292 e. The van der Waals surface area contributed by atoms with Crippen molar-refractivity contribution in [2.75, 3.05) is 11.4 Å². The van der Waals surface area contributed by atoms with Crippen LogP contribution in [-0.2, 0) is 0 Å². The second-order valence-corrected chi connectivity index (χ2v) is 4.80. The van der Waals surface area contributed by atoms with Gasteiger partial charge in [0.1, 0.15) is 6.17 Å². The van der Waals surface area contributed by atoms with Gasteiger partial charge >= 0.3 is 0 Å². The second kappa shape index (κ2) is 5.43. The van der Waals surface area contributed by atoms with Gasteiger partial charge in [0.05, 0.1) is 11.3 Å². The molecule has 0 fully saturated rings. The summed E-state index contributed by atoms with van der Waals surface area (Å²) in [6, 6.07) is 13.4. The highest BCUT2D eigenvalue weighted by molar-refractivity contribution is 6.10. The molecule has 20 heavy (non-hydrogen) atoms. The third kappa shape index (κ3) is 2.08. The van der Waals surface area contributed by atoms with Crippen molar-refractivity contribution in [3.05, 3.63) is 59.9 Å². The molecule has 0 radical (unpaired) electrons. The highest BCUT2D eigenvalue weighted by atomic mass is 16.2. The van der Waals surface area contributed by atoms with Crippen LogP contribution in [0.5, 0.6) is 0 Å². The number of hydrogen-bond donors (Lipinski definition) is 1. The number of fused-ring (bicyclic) bond motifs is 1. The molecule has 0 aliphatic carbocycles. The maximum Gasteiger partial charge on any atom is 0.261 e. The molecule has 4 heteroatoms. The first-order chi connectivity index (χ1) is 9.83. The van der Waals surface area contributed by atoms with Crippen molar-refractivity contribution in [2.45, 2.75) is 19.5 Å². The van der Waals surface area contributed by atoms with Crippen LogP contribution in [0.1, 0.15) is 35.6 Å². The number of hydrogen-bond acceptors (Lipinski definition) is 3. The maximum absolute atomic E-state index is 12.6. The van der Waals surface area contributed by atoms with Gasteiger partial charge in [-0.05, 0) is 37.2 Å². The summed E-state index contributed by atoms with van der Waals surface area (Å²) in [7, 11) is 0. The molecule has 2 aromatic rings. The van der Waals surface area contributed by atoms with Gasteiger partial charge in [0.2, 0.25) is 0 Å². The predicted molar refractivity (Wildman–Crippen MR) is 78.5 cm³/mol. The number of anilines is 1. The summed E-state index contributed by atoms with van der Waals surface area (Å²) in [5, 5.41) is 3.41. The lowest BCUT2D eigenvalue weighted by Crippen LogP contribution is -2.37. The smallest absolute Gasteiger partial charge is 0.261 e. The van der Waals surface area contributed by atoms with E-state index in [0.717, 1.165) is 24.3 Å². The van der Waals surface area contributed by atoms with E-state index in [1.54, 1.807) is 11.1 Å². The Balaban J connectivity index is 2.03. The molecule has 1 aromatic carbocycles. The van der Waals surface area contributed by atoms with Crippen LogP contribution in [0, 0.1) is 0 Å². The Morgan fingerprint density at radius 2 is 2.00 bits per heavy atom. The van der Waals surface area contributed by atoms with Crippen LogP contribution >= 0.6 is 0 Å². The molecule has 1 aromatic heterocycles. The second-order valence-electron chi connectivity index (χ2n) is 4.80. The third-order valence-corrected chi connectivity index (χ3v) is 3.43. The minimum atomic E-state index is -0.180. The summed E-state index contributed by atoms with van der Waals surface area (Å²) in [4.78, 5) is 18.8. The lowest BCUT2D eigenvalue weighted by atomic mass is 10.2. The van der Waals surface area contributed by atoms with Crippen molar-refractivity contribution in [3.8, 4) is 0 Å². The Morgan fingerprint density at radius 1 is 1.20 bits per heavy atom. The number of carbonyl (C=O) groups excluding carboxylic acids is 1. The lowest BCUT2D eigenvalue weighted by Gasteiger charge is -2.25. The van der Waals surface area contributed by atoms with Crippen LogP contribution < -0.4 is 10.2 Å². The van der Waals surface area contributed by atoms with E-state index in [2.05, 4.69) is 17.2 Å². The Hall–Kier alpha value is -2.20. The fraction of sp³-hybridized carbons (Fsp3) is 0.250. The lowest BCUT2D eigenvalue weighted by molar-refractivity contribution is 0.0988. The standard InChI is InChI=1S/C16H17N3O/c1-2-10-18-15-14-13(9-6-11-17-14)16(20)19(15)12-7-4-3-5-8-12/h3-9,11,15,18H,2,10H2,1H3. The zero-order valence-corrected chi connectivity index (χ0v) is 11.4. The summed E-state index contributed by atoms with van der Waals surface area (Å²) >= 11 is 0. The van der Waals surface area contributed by atoms with Crippen LogP contribution in [0.3, 0.4) is 0 Å². The first-order valence-electron chi connectivity index (χ1n) is 6.90. The van der Waals surface area contributed by atoms with Gasteiger partial charge in [0.25, 0.3) is 5.91 Å². The van der Waals surface area contributed by atoms with E-state index in [1.165, 1.54) is 0 Å². The van der Waals surface area contributed by atoms with Gasteiger partial charge < -0.3 is 0 Å². The van der Waals surface area contributed by atoms with Gasteiger partial charge in [-0.2, -0.15) is 0 Å². The van der Waals surface area contributed by atoms with Crippen LogP contribution in [0.25, 0.3) is 0 Å². The summed E-state index contributed by atoms with van der Waals surface area (Å²) < 4.78 is 0. The number of aromatic nitrogens is 1. The monoisotopic (exact) mass is 267 g/mol. The average molecular weight is 267 g/mol. The van der Waals surface area contributed by atoms with Crippen LogP contribution in [0.4, 0.5) is 5.69 Å². The van der Waals surface area contributed by atoms with Gasteiger partial charge in [0.15, 0.2) is 0 Å². The van der Waals surface area contributed by atoms with Gasteiger partial charge in [-0.1, -0.05) is 25.1 Å². The number of nitrogens with zero attached hydrogens (tertiary/aromatic N) is 2. The van der Waals surface area contributed by atoms with Gasteiger partial charge in [-0.3, -0.25) is 20.0 Å². The molecule has 1 amide bonds. The van der Waals surface area contributed by atoms with Crippen LogP contribution in [-0.4, -0.2) is 17.4 Å². The topological polar surface area (TPSA) is 45.2 Å². The molecule has 0 saturated heterocycles. The number of nitrogens with one attached hydrogen (secondary N) is 1. The van der Waals surface area contributed by atoms with Crippen LogP contribution in [0.15, 0.2) is 48.7 Å². The van der Waals surface area contributed by atoms with Crippen molar-refractivity contribution >= 4 is 11.6 Å². The van der Waals surface area contributed by atoms with E-state index in [0.29, 0.717) is 5.56 Å². The van der Waals surface area contributed by atoms with E-state index >= 15 is 0 Å². The molecule has 1 atom stereocenters. The van der Waals surface area contributed by atoms with E-state index in [1.807, 2.05) is 42.5 Å². The van der Waals surface area contributed by atoms with Crippen molar-refractivity contribution in [1.29, 1.82) is 0 Å². The zero-order valence-electron chi connectivity index (χ0n) is 11.4. The molecule has 1 unspecified atom stereocenters. The molecule has 0 spiro atoms. The fourth-order valence-electron chi connectivity index (χ4n) is 2.51. The molecular formula is C16H17N3O. The molecule has 3 rings (SSSR count). The molecule has 0 bridgehead atoms. The Kier molecular flexibility index (Phi) is 3.48. The average Bonchev–Trinajstić information content (AvgIpc) is 2.79. The summed E-state index contributed by atoms with van der Waals surface area (Å²) in [6.07, 6.45) is 2.57. The number of rotatable bonds is 4. The van der Waals surface area contributed by atoms with Crippen molar-refractivity contribution in [2.24, 2.45) is 0 Å². The van der Waals surface area contributed by atoms with Crippen molar-refractivity contribution in [1.82, 2.24) is 10.3 Å². The number of amides is 1. The first-order valence-corrected chi connectivity index (χ1v) is 6.90. The quantitative estimate of drug-likeness (QED) is 0.926. The number of para-hydroxylation sites is 1. The molecule has 1 aliphatic heterocycles. The summed E-state index contributed by atoms with van der Waals surface area (Å²) in [6.45, 7) is 2.95. The molecular weight excluding hydrogens is 250 g/mol. The molecule has 1 aliphatic rings. The minimum absolute atomic E-state index is 0.00732. The predicted octanol–water partition coefficient (Wildman–Crippen LogP) is 2.74. The van der Waals surface area contributed by atoms with Crippen molar-refractivity contribution in [3.63, 3.8) is 0 Å². The van der Waals surface area contributed by atoms with Crippen LogP contribution in [0.2, 0.25) is 0 Å². The normalized spacial score (nSPS) is 17.4. The number of benzene rings is 1. The van der Waals surface area contributed by atoms with E-state index < -0.39 is 0 Å². The van der Waals surface area contributed by atoms with E-state index in [9.17, 15) is 4.79 Å². The fourth-order valence-corrected chi connectivity index (χ4v) is 2.51. The maximum atomic E-state index is 12.6. The Bertz CT molecular complexity index is 612. The Morgan fingerprint density at radius 3 is 2.75 bits per heavy atom. The molecule has 0 saturated carbocycles. The highest BCUT2D eigenvalue weighted by Crippen LogP contribution is 2.34. The van der Waals surface area contributed by atoms with Gasteiger partial charge in [-0.15, -0.1) is 0 Å². The molecule has 4 nitrogen and oxygen atoms in total. The SMILES string of the molecule is CCCNC1c2ncccc2C(=O)N1c1ccccc1. The zero-order chi connectivity index (χ0) is 13.9. The molecule has 1 N–H and O–H groups in total. The number of carbonyl (C=O) groups is 1. The molecule has 2 heterocycles. The Labute approximate surface area is 118 Å². The molecule has 102 valence electrons. The third-order valence-electron chi connectivity index (χ3n) is 3.43. The highest BCUT2D eigenvalue weighted by Gasteiger charge is 2.38. The first kappa shape index (κ1) is 12.8. The number of pyridine rings is 1.